The molecule has 0 saturated heterocycles. The van der Waals surface area contributed by atoms with Gasteiger partial charge in [-0.1, -0.05) is 104 Å². The molecule has 0 nitrogen and oxygen atoms in total. The van der Waals surface area contributed by atoms with E-state index in [9.17, 15) is 0 Å². The van der Waals surface area contributed by atoms with Gasteiger partial charge in [0, 0.05) is 0 Å². The van der Waals surface area contributed by atoms with Crippen molar-refractivity contribution >= 4 is 32.3 Å². The third-order valence-corrected chi connectivity index (χ3v) is 7.73. The van der Waals surface area contributed by atoms with Crippen LogP contribution in [0.15, 0.2) is 103 Å². The maximum atomic E-state index is 2.41. The highest BCUT2D eigenvalue weighted by atomic mass is 14.3. The monoisotopic (exact) mass is 434 g/mol. The molecule has 7 rings (SSSR count). The molecular formula is C34H26. The highest BCUT2D eigenvalue weighted by Gasteiger charge is 2.23. The summed E-state index contributed by atoms with van der Waals surface area (Å²) in [5, 5.41) is 8.25. The second-order valence-corrected chi connectivity index (χ2v) is 9.56. The van der Waals surface area contributed by atoms with Crippen molar-refractivity contribution in [3.8, 4) is 11.1 Å². The number of benzene rings is 6. The van der Waals surface area contributed by atoms with Crippen molar-refractivity contribution in [2.45, 2.75) is 26.2 Å². The normalized spacial score (nSPS) is 12.4. The van der Waals surface area contributed by atoms with Crippen molar-refractivity contribution in [3.05, 3.63) is 131 Å². The van der Waals surface area contributed by atoms with Crippen LogP contribution >= 0.6 is 0 Å². The SMILES string of the molecule is CCc1c2ccccc2c(Cc2cccc3c2-c2cc4ccccc4cc2C3)c2ccccc12. The van der Waals surface area contributed by atoms with E-state index < -0.39 is 0 Å². The zero-order valence-corrected chi connectivity index (χ0v) is 19.4. The van der Waals surface area contributed by atoms with Crippen LogP contribution in [0.3, 0.4) is 0 Å². The predicted molar refractivity (Wildman–Crippen MR) is 146 cm³/mol. The van der Waals surface area contributed by atoms with Gasteiger partial charge in [0.1, 0.15) is 0 Å². The van der Waals surface area contributed by atoms with Gasteiger partial charge in [0.25, 0.3) is 0 Å². The van der Waals surface area contributed by atoms with E-state index in [4.69, 9.17) is 0 Å². The van der Waals surface area contributed by atoms with Crippen molar-refractivity contribution < 1.29 is 0 Å². The molecule has 0 heteroatoms. The average molecular weight is 435 g/mol. The smallest absolute Gasteiger partial charge is 0.000718 e. The average Bonchev–Trinajstić information content (AvgIpc) is 3.25. The molecule has 6 aromatic rings. The molecule has 0 radical (unpaired) electrons. The number of fused-ring (bicyclic) bond motifs is 6. The van der Waals surface area contributed by atoms with Gasteiger partial charge in [0.05, 0.1) is 0 Å². The summed E-state index contributed by atoms with van der Waals surface area (Å²) in [6.45, 7) is 2.28. The standard InChI is InChI=1S/C34H26/c1-2-27-28-14-5-7-16-30(28)33(31-17-8-6-15-29(27)31)21-25-13-9-12-24-19-26-18-22-10-3-4-11-23(22)20-32(26)34(24)25/h3-18,20H,2,19,21H2,1H3. The van der Waals surface area contributed by atoms with Gasteiger partial charge in [-0.3, -0.25) is 0 Å². The van der Waals surface area contributed by atoms with Crippen molar-refractivity contribution in [3.63, 3.8) is 0 Å². The van der Waals surface area contributed by atoms with E-state index in [1.165, 1.54) is 71.3 Å². The van der Waals surface area contributed by atoms with Gasteiger partial charge in [0.15, 0.2) is 0 Å². The van der Waals surface area contributed by atoms with E-state index in [2.05, 4.69) is 110 Å². The van der Waals surface area contributed by atoms with Crippen molar-refractivity contribution in [2.24, 2.45) is 0 Å². The summed E-state index contributed by atoms with van der Waals surface area (Å²) >= 11 is 0. The Morgan fingerprint density at radius 1 is 0.559 bits per heavy atom. The fourth-order valence-electron chi connectivity index (χ4n) is 6.24. The van der Waals surface area contributed by atoms with Crippen molar-refractivity contribution in [2.75, 3.05) is 0 Å². The molecule has 34 heavy (non-hydrogen) atoms. The molecule has 1 aliphatic rings. The molecule has 1 aliphatic carbocycles. The maximum Gasteiger partial charge on any atom is -0.000718 e. The van der Waals surface area contributed by atoms with Gasteiger partial charge in [-0.2, -0.15) is 0 Å². The molecule has 0 fully saturated rings. The van der Waals surface area contributed by atoms with Crippen LogP contribution in [0.4, 0.5) is 0 Å². The van der Waals surface area contributed by atoms with E-state index in [-0.39, 0.29) is 0 Å². The molecule has 0 heterocycles. The van der Waals surface area contributed by atoms with Gasteiger partial charge in [-0.05, 0) is 96.6 Å². The quantitative estimate of drug-likeness (QED) is 0.244. The molecule has 0 aromatic heterocycles. The first kappa shape index (κ1) is 19.6. The van der Waals surface area contributed by atoms with Crippen LogP contribution in [0.2, 0.25) is 0 Å². The van der Waals surface area contributed by atoms with Gasteiger partial charge in [-0.25, -0.2) is 0 Å². The first-order valence-electron chi connectivity index (χ1n) is 12.4. The summed E-state index contributed by atoms with van der Waals surface area (Å²) in [6, 6.07) is 38.5. The Hall–Kier alpha value is -3.90. The Morgan fingerprint density at radius 3 is 1.79 bits per heavy atom. The fourth-order valence-corrected chi connectivity index (χ4v) is 6.24. The van der Waals surface area contributed by atoms with Crippen molar-refractivity contribution in [1.82, 2.24) is 0 Å². The van der Waals surface area contributed by atoms with E-state index in [1.807, 2.05) is 0 Å². The minimum Gasteiger partial charge on any atom is -0.0617 e. The first-order chi connectivity index (χ1) is 16.8. The lowest BCUT2D eigenvalue weighted by atomic mass is 9.86. The Labute approximate surface area is 200 Å². The second kappa shape index (κ2) is 7.57. The third-order valence-electron chi connectivity index (χ3n) is 7.73. The van der Waals surface area contributed by atoms with Crippen LogP contribution in [-0.4, -0.2) is 0 Å². The summed E-state index contributed by atoms with van der Waals surface area (Å²) in [6.07, 6.45) is 3.02. The van der Waals surface area contributed by atoms with E-state index in [0.29, 0.717) is 0 Å². The van der Waals surface area contributed by atoms with Crippen LogP contribution in [0.25, 0.3) is 43.4 Å². The number of hydrogen-bond acceptors (Lipinski definition) is 0. The molecule has 0 spiro atoms. The topological polar surface area (TPSA) is 0 Å². The van der Waals surface area contributed by atoms with Gasteiger partial charge in [0.2, 0.25) is 0 Å². The molecule has 162 valence electrons. The lowest BCUT2D eigenvalue weighted by Crippen LogP contribution is -1.98. The largest absolute Gasteiger partial charge is 0.0617 e. The molecule has 0 bridgehead atoms. The summed E-state index contributed by atoms with van der Waals surface area (Å²) in [4.78, 5) is 0. The van der Waals surface area contributed by atoms with E-state index >= 15 is 0 Å². The summed E-state index contributed by atoms with van der Waals surface area (Å²) < 4.78 is 0. The summed E-state index contributed by atoms with van der Waals surface area (Å²) in [5.74, 6) is 0. The van der Waals surface area contributed by atoms with Crippen LogP contribution in [0.1, 0.15) is 34.7 Å². The van der Waals surface area contributed by atoms with Crippen LogP contribution < -0.4 is 0 Å². The fraction of sp³-hybridized carbons (Fsp3) is 0.118. The highest BCUT2D eigenvalue weighted by Crippen LogP contribution is 2.43. The Balaban J connectivity index is 1.48. The van der Waals surface area contributed by atoms with Crippen LogP contribution in [-0.2, 0) is 19.3 Å². The summed E-state index contributed by atoms with van der Waals surface area (Å²) in [5.41, 5.74) is 10.1. The Kier molecular flexibility index (Phi) is 4.35. The van der Waals surface area contributed by atoms with Crippen molar-refractivity contribution in [1.29, 1.82) is 0 Å². The minimum absolute atomic E-state index is 0.945. The highest BCUT2D eigenvalue weighted by molar-refractivity contribution is 6.06. The first-order valence-corrected chi connectivity index (χ1v) is 12.4. The lowest BCUT2D eigenvalue weighted by molar-refractivity contribution is 1.17. The predicted octanol–water partition coefficient (Wildman–Crippen LogP) is 8.87. The van der Waals surface area contributed by atoms with Crippen LogP contribution in [0.5, 0.6) is 0 Å². The molecule has 0 N–H and O–H groups in total. The number of hydrogen-bond donors (Lipinski definition) is 0. The number of rotatable bonds is 3. The Morgan fingerprint density at radius 2 is 1.15 bits per heavy atom. The lowest BCUT2D eigenvalue weighted by Gasteiger charge is -2.18. The van der Waals surface area contributed by atoms with Gasteiger partial charge in [-0.15, -0.1) is 0 Å². The van der Waals surface area contributed by atoms with Gasteiger partial charge < -0.3 is 0 Å². The molecule has 0 saturated carbocycles. The van der Waals surface area contributed by atoms with Gasteiger partial charge >= 0.3 is 0 Å². The molecule has 0 aliphatic heterocycles. The molecule has 0 atom stereocenters. The third kappa shape index (κ3) is 2.85. The Bertz CT molecular complexity index is 1680. The van der Waals surface area contributed by atoms with E-state index in [1.54, 1.807) is 0 Å². The maximum absolute atomic E-state index is 2.41. The van der Waals surface area contributed by atoms with E-state index in [0.717, 1.165) is 19.3 Å². The molecule has 6 aromatic carbocycles. The second-order valence-electron chi connectivity index (χ2n) is 9.56. The zero-order chi connectivity index (χ0) is 22.6. The zero-order valence-electron chi connectivity index (χ0n) is 19.4. The number of aryl methyl sites for hydroxylation is 1. The minimum atomic E-state index is 0.945. The van der Waals surface area contributed by atoms with Crippen LogP contribution in [0, 0.1) is 0 Å². The molecular weight excluding hydrogens is 408 g/mol. The molecule has 0 unspecified atom stereocenters. The summed E-state index contributed by atoms with van der Waals surface area (Å²) in [7, 11) is 0. The molecule has 0 amide bonds.